The highest BCUT2D eigenvalue weighted by molar-refractivity contribution is 9.12. The van der Waals surface area contributed by atoms with Crippen LogP contribution in [0, 0.1) is 0 Å². The summed E-state index contributed by atoms with van der Waals surface area (Å²) in [7, 11) is -2.37. The normalized spacial score (nSPS) is 13.7. The number of methoxy groups -OCH3 is 1. The molecule has 0 aliphatic rings. The minimum Gasteiger partial charge on any atom is -0.468 e. The van der Waals surface area contributed by atoms with Crippen LogP contribution in [-0.2, 0) is 19.4 Å². The van der Waals surface area contributed by atoms with Crippen molar-refractivity contribution in [2.45, 2.75) is 11.1 Å². The SMILES string of the molecule is COC(=O)CN=C(C(Br)=C(N)C(F)(F)F)c1ccc(-c2cccc(S(C)(=O)=O)c2)o1. The fraction of sp³-hybridized carbons (Fsp3) is 0.222. The van der Waals surface area contributed by atoms with Crippen LogP contribution in [-0.4, -0.2) is 46.2 Å². The summed E-state index contributed by atoms with van der Waals surface area (Å²) >= 11 is 2.77. The first-order chi connectivity index (χ1) is 13.8. The summed E-state index contributed by atoms with van der Waals surface area (Å²) in [4.78, 5) is 15.3. The molecule has 1 aromatic carbocycles. The van der Waals surface area contributed by atoms with E-state index in [0.29, 0.717) is 5.56 Å². The molecule has 2 aromatic rings. The van der Waals surface area contributed by atoms with Gasteiger partial charge in [-0.3, -0.25) is 9.79 Å². The topological polar surface area (TPSA) is 112 Å². The molecule has 1 heterocycles. The summed E-state index contributed by atoms with van der Waals surface area (Å²) in [6.07, 6.45) is -3.82. The third-order valence-electron chi connectivity index (χ3n) is 3.73. The first-order valence-electron chi connectivity index (χ1n) is 8.09. The Balaban J connectivity index is 2.55. The monoisotopic (exact) mass is 508 g/mol. The van der Waals surface area contributed by atoms with Gasteiger partial charge in [-0.15, -0.1) is 0 Å². The number of rotatable bonds is 6. The van der Waals surface area contributed by atoms with E-state index in [1.165, 1.54) is 30.3 Å². The number of halogens is 4. The van der Waals surface area contributed by atoms with E-state index in [1.807, 2.05) is 0 Å². The van der Waals surface area contributed by atoms with Crippen LogP contribution in [0.1, 0.15) is 5.76 Å². The maximum absolute atomic E-state index is 13.0. The van der Waals surface area contributed by atoms with Gasteiger partial charge in [-0.1, -0.05) is 12.1 Å². The lowest BCUT2D eigenvalue weighted by molar-refractivity contribution is -0.138. The fourth-order valence-electron chi connectivity index (χ4n) is 2.22. The van der Waals surface area contributed by atoms with Gasteiger partial charge >= 0.3 is 12.1 Å². The number of ether oxygens (including phenoxy) is 1. The number of alkyl halides is 3. The molecular formula is C18H16BrF3N2O5S. The van der Waals surface area contributed by atoms with E-state index in [0.717, 1.165) is 13.4 Å². The minimum atomic E-state index is -4.86. The molecule has 2 N–H and O–H groups in total. The maximum atomic E-state index is 13.0. The van der Waals surface area contributed by atoms with Crippen LogP contribution in [0.15, 0.2) is 60.9 Å². The zero-order valence-corrected chi connectivity index (χ0v) is 18.1. The summed E-state index contributed by atoms with van der Waals surface area (Å²) < 4.78 is 71.9. The molecule has 0 bridgehead atoms. The van der Waals surface area contributed by atoms with Gasteiger partial charge in [0, 0.05) is 11.8 Å². The van der Waals surface area contributed by atoms with E-state index < -0.39 is 38.7 Å². The third-order valence-corrected chi connectivity index (χ3v) is 5.64. The molecule has 0 unspecified atom stereocenters. The molecular weight excluding hydrogens is 493 g/mol. The Morgan fingerprint density at radius 2 is 1.93 bits per heavy atom. The molecule has 7 nitrogen and oxygen atoms in total. The van der Waals surface area contributed by atoms with Crippen molar-refractivity contribution in [1.29, 1.82) is 0 Å². The first-order valence-corrected chi connectivity index (χ1v) is 10.8. The molecule has 0 aliphatic carbocycles. The number of sulfone groups is 1. The van der Waals surface area contributed by atoms with E-state index in [1.54, 1.807) is 6.07 Å². The second-order valence-electron chi connectivity index (χ2n) is 5.93. The van der Waals surface area contributed by atoms with Gasteiger partial charge in [-0.25, -0.2) is 8.42 Å². The number of nitrogens with two attached hydrogens (primary N) is 1. The van der Waals surface area contributed by atoms with Crippen LogP contribution >= 0.6 is 15.9 Å². The van der Waals surface area contributed by atoms with Crippen LogP contribution in [0.5, 0.6) is 0 Å². The average molecular weight is 509 g/mol. The van der Waals surface area contributed by atoms with Crippen LogP contribution in [0.2, 0.25) is 0 Å². The molecule has 0 atom stereocenters. The van der Waals surface area contributed by atoms with Gasteiger partial charge < -0.3 is 14.9 Å². The van der Waals surface area contributed by atoms with Crippen LogP contribution in [0.25, 0.3) is 11.3 Å². The highest BCUT2D eigenvalue weighted by Gasteiger charge is 2.35. The molecule has 0 saturated carbocycles. The lowest BCUT2D eigenvalue weighted by Crippen LogP contribution is -2.23. The molecule has 30 heavy (non-hydrogen) atoms. The highest BCUT2D eigenvalue weighted by atomic mass is 79.9. The van der Waals surface area contributed by atoms with Crippen molar-refractivity contribution in [2.24, 2.45) is 10.7 Å². The standard InChI is InChI=1S/C18H16BrF3N2O5S/c1-28-14(25)9-24-16(15(19)17(23)18(20,21)22)13-7-6-12(29-13)10-4-3-5-11(8-10)30(2,26)27/h3-8H,9,23H2,1-2H3. The first kappa shape index (κ1) is 23.7. The third kappa shape index (κ3) is 5.72. The highest BCUT2D eigenvalue weighted by Crippen LogP contribution is 2.31. The Bertz CT molecular complexity index is 1120. The summed E-state index contributed by atoms with van der Waals surface area (Å²) in [6, 6.07) is 8.57. The van der Waals surface area contributed by atoms with E-state index in [-0.39, 0.29) is 22.1 Å². The predicted molar refractivity (Wildman–Crippen MR) is 107 cm³/mol. The number of hydrogen-bond acceptors (Lipinski definition) is 7. The van der Waals surface area contributed by atoms with Crippen LogP contribution in [0.4, 0.5) is 13.2 Å². The van der Waals surface area contributed by atoms with Crippen LogP contribution < -0.4 is 5.73 Å². The van der Waals surface area contributed by atoms with Crippen molar-refractivity contribution in [3.05, 3.63) is 52.3 Å². The molecule has 0 radical (unpaired) electrons. The molecule has 12 heteroatoms. The zero-order valence-electron chi connectivity index (χ0n) is 15.7. The molecule has 162 valence electrons. The fourth-order valence-corrected chi connectivity index (χ4v) is 3.43. The number of esters is 1. The summed E-state index contributed by atoms with van der Waals surface area (Å²) in [6.45, 7) is -0.578. The maximum Gasteiger partial charge on any atom is 0.431 e. The molecule has 0 amide bonds. The molecule has 1 aromatic heterocycles. The smallest absolute Gasteiger partial charge is 0.431 e. The Morgan fingerprint density at radius 1 is 1.27 bits per heavy atom. The second kappa shape index (κ2) is 9.04. The molecule has 0 spiro atoms. The van der Waals surface area contributed by atoms with Gasteiger partial charge in [0.05, 0.1) is 16.5 Å². The Labute approximate surface area is 178 Å². The lowest BCUT2D eigenvalue weighted by atomic mass is 10.2. The van der Waals surface area contributed by atoms with E-state index in [2.05, 4.69) is 25.7 Å². The minimum absolute atomic E-state index is 0.0416. The van der Waals surface area contributed by atoms with Gasteiger partial charge in [0.15, 0.2) is 15.6 Å². The number of hydrogen-bond donors (Lipinski definition) is 1. The van der Waals surface area contributed by atoms with Crippen molar-refractivity contribution in [3.63, 3.8) is 0 Å². The Hall–Kier alpha value is -2.60. The second-order valence-corrected chi connectivity index (χ2v) is 8.74. The van der Waals surface area contributed by atoms with Gasteiger partial charge in [0.2, 0.25) is 0 Å². The Morgan fingerprint density at radius 3 is 2.50 bits per heavy atom. The average Bonchev–Trinajstić information content (AvgIpc) is 3.15. The summed E-state index contributed by atoms with van der Waals surface area (Å²) in [5.74, 6) is -0.740. The van der Waals surface area contributed by atoms with Crippen molar-refractivity contribution >= 4 is 37.4 Å². The van der Waals surface area contributed by atoms with Crippen molar-refractivity contribution in [1.82, 2.24) is 0 Å². The molecule has 0 fully saturated rings. The van der Waals surface area contributed by atoms with Gasteiger partial charge in [0.1, 0.15) is 23.7 Å². The largest absolute Gasteiger partial charge is 0.468 e. The number of carbonyl (C=O) groups excluding carboxylic acids is 1. The number of nitrogens with zero attached hydrogens (tertiary/aromatic N) is 1. The van der Waals surface area contributed by atoms with E-state index in [9.17, 15) is 26.4 Å². The lowest BCUT2D eigenvalue weighted by Gasteiger charge is -2.11. The van der Waals surface area contributed by atoms with Crippen molar-refractivity contribution in [2.75, 3.05) is 19.9 Å². The van der Waals surface area contributed by atoms with Gasteiger partial charge in [-0.2, -0.15) is 13.2 Å². The number of allylic oxidation sites excluding steroid dienone is 2. The molecule has 0 saturated heterocycles. The number of benzene rings is 1. The van der Waals surface area contributed by atoms with E-state index >= 15 is 0 Å². The Kier molecular flexibility index (Phi) is 7.14. The van der Waals surface area contributed by atoms with E-state index in [4.69, 9.17) is 10.2 Å². The van der Waals surface area contributed by atoms with Crippen molar-refractivity contribution in [3.8, 4) is 11.3 Å². The predicted octanol–water partition coefficient (Wildman–Crippen LogP) is 3.44. The number of aliphatic imine (C=N–C) groups is 1. The number of furan rings is 1. The number of carbonyl (C=O) groups is 1. The van der Waals surface area contributed by atoms with Gasteiger partial charge in [-0.05, 0) is 40.2 Å². The van der Waals surface area contributed by atoms with Crippen LogP contribution in [0.3, 0.4) is 0 Å². The molecule has 0 aliphatic heterocycles. The quantitative estimate of drug-likeness (QED) is 0.472. The van der Waals surface area contributed by atoms with Crippen molar-refractivity contribution < 1.29 is 35.5 Å². The summed E-state index contributed by atoms with van der Waals surface area (Å²) in [5, 5.41) is 0. The molecule has 2 rings (SSSR count). The summed E-state index contributed by atoms with van der Waals surface area (Å²) in [5.41, 5.74) is 3.71. The zero-order chi connectivity index (χ0) is 22.7. The van der Waals surface area contributed by atoms with Gasteiger partial charge in [0.25, 0.3) is 0 Å².